The van der Waals surface area contributed by atoms with Gasteiger partial charge in [0, 0.05) is 13.0 Å². The van der Waals surface area contributed by atoms with Crippen molar-refractivity contribution in [1.82, 2.24) is 5.32 Å². The number of methoxy groups -OCH3 is 1. The number of hydrogen-bond donors (Lipinski definition) is 1. The maximum Gasteiger partial charge on any atom is 0.162 e. The lowest BCUT2D eigenvalue weighted by Crippen LogP contribution is -2.21. The molecule has 152 valence electrons. The fourth-order valence-corrected chi connectivity index (χ4v) is 3.27. The van der Waals surface area contributed by atoms with Crippen molar-refractivity contribution in [3.05, 3.63) is 83.9 Å². The number of rotatable bonds is 9. The van der Waals surface area contributed by atoms with Crippen LogP contribution in [0.15, 0.2) is 72.8 Å². The predicted molar refractivity (Wildman–Crippen MR) is 127 cm³/mol. The van der Waals surface area contributed by atoms with E-state index in [0.717, 1.165) is 29.9 Å². The molecule has 0 bridgehead atoms. The van der Waals surface area contributed by atoms with E-state index < -0.39 is 0 Å². The number of terminal acetylenes is 1. The number of thiocarbonyl (C=S) groups is 1. The van der Waals surface area contributed by atoms with Crippen molar-refractivity contribution >= 4 is 17.2 Å². The lowest BCUT2D eigenvalue weighted by atomic mass is 10.0. The monoisotopic (exact) mass is 415 g/mol. The van der Waals surface area contributed by atoms with Gasteiger partial charge in [0.1, 0.15) is 6.61 Å². The van der Waals surface area contributed by atoms with E-state index in [-0.39, 0.29) is 6.61 Å². The Morgan fingerprint density at radius 3 is 2.33 bits per heavy atom. The highest BCUT2D eigenvalue weighted by Gasteiger charge is 2.07. The van der Waals surface area contributed by atoms with Crippen molar-refractivity contribution in [3.8, 4) is 35.0 Å². The van der Waals surface area contributed by atoms with Gasteiger partial charge in [-0.05, 0) is 40.8 Å². The van der Waals surface area contributed by atoms with Crippen molar-refractivity contribution < 1.29 is 9.47 Å². The third kappa shape index (κ3) is 6.10. The van der Waals surface area contributed by atoms with Crippen LogP contribution in [0.2, 0.25) is 0 Å². The van der Waals surface area contributed by atoms with Gasteiger partial charge < -0.3 is 14.8 Å². The Balaban J connectivity index is 1.48. The third-order valence-electron chi connectivity index (χ3n) is 4.73. The molecule has 0 aliphatic rings. The quantitative estimate of drug-likeness (QED) is 0.373. The molecule has 1 N–H and O–H groups in total. The van der Waals surface area contributed by atoms with Crippen LogP contribution in [-0.2, 0) is 13.0 Å². The fraction of sp³-hybridized carbons (Fsp3) is 0.192. The molecule has 0 spiro atoms. The smallest absolute Gasteiger partial charge is 0.162 e. The van der Waals surface area contributed by atoms with Crippen LogP contribution in [0.1, 0.15) is 17.5 Å². The summed E-state index contributed by atoms with van der Waals surface area (Å²) in [4.78, 5) is 0.841. The molecule has 3 nitrogen and oxygen atoms in total. The zero-order valence-electron chi connectivity index (χ0n) is 17.1. The third-order valence-corrected chi connectivity index (χ3v) is 5.08. The van der Waals surface area contributed by atoms with Crippen LogP contribution >= 0.6 is 12.2 Å². The average molecular weight is 416 g/mol. The van der Waals surface area contributed by atoms with Crippen molar-refractivity contribution in [2.24, 2.45) is 0 Å². The number of benzene rings is 3. The number of ether oxygens (including phenoxy) is 2. The Morgan fingerprint density at radius 1 is 0.933 bits per heavy atom. The van der Waals surface area contributed by atoms with Crippen molar-refractivity contribution in [3.63, 3.8) is 0 Å². The summed E-state index contributed by atoms with van der Waals surface area (Å²) in [5.41, 5.74) is 4.77. The van der Waals surface area contributed by atoms with Gasteiger partial charge in [-0.1, -0.05) is 78.8 Å². The molecule has 4 heteroatoms. The summed E-state index contributed by atoms with van der Waals surface area (Å²) < 4.78 is 10.9. The molecule has 0 amide bonds. The molecule has 3 aromatic rings. The Hall–Kier alpha value is -3.29. The second-order valence-electron chi connectivity index (χ2n) is 6.82. The molecule has 0 atom stereocenters. The first-order valence-corrected chi connectivity index (χ1v) is 10.2. The number of aryl methyl sites for hydroxylation is 1. The molecule has 0 aromatic heterocycles. The zero-order valence-corrected chi connectivity index (χ0v) is 17.9. The van der Waals surface area contributed by atoms with E-state index in [1.807, 2.05) is 24.3 Å². The van der Waals surface area contributed by atoms with Crippen molar-refractivity contribution in [2.75, 3.05) is 13.7 Å². The van der Waals surface area contributed by atoms with Gasteiger partial charge in [-0.2, -0.15) is 0 Å². The van der Waals surface area contributed by atoms with Crippen LogP contribution in [0.25, 0.3) is 11.1 Å². The molecule has 3 rings (SSSR count). The first kappa shape index (κ1) is 21.4. The Labute approximate surface area is 184 Å². The largest absolute Gasteiger partial charge is 0.493 e. The lowest BCUT2D eigenvalue weighted by Gasteiger charge is -2.12. The van der Waals surface area contributed by atoms with Crippen molar-refractivity contribution in [2.45, 2.75) is 19.4 Å². The summed E-state index contributed by atoms with van der Waals surface area (Å²) in [5, 5.41) is 3.35. The first-order valence-electron chi connectivity index (χ1n) is 9.84. The Morgan fingerprint density at radius 2 is 1.63 bits per heavy atom. The number of hydrogen-bond acceptors (Lipinski definition) is 3. The fourth-order valence-electron chi connectivity index (χ4n) is 3.10. The van der Waals surface area contributed by atoms with E-state index in [9.17, 15) is 0 Å². The molecule has 30 heavy (non-hydrogen) atoms. The first-order chi connectivity index (χ1) is 14.7. The topological polar surface area (TPSA) is 30.5 Å². The molecular formula is C26H25NO2S. The van der Waals surface area contributed by atoms with Gasteiger partial charge >= 0.3 is 0 Å². The number of nitrogens with one attached hydrogen (secondary N) is 1. The molecule has 3 aromatic carbocycles. The second kappa shape index (κ2) is 11.0. The molecular weight excluding hydrogens is 390 g/mol. The van der Waals surface area contributed by atoms with Crippen LogP contribution in [0.3, 0.4) is 0 Å². The minimum Gasteiger partial charge on any atom is -0.493 e. The molecule has 0 aliphatic carbocycles. The molecule has 0 heterocycles. The SMILES string of the molecule is C#CCOc1ccc(CCC(=S)NCc2ccc(-c3ccccc3)cc2)cc1OC. The predicted octanol–water partition coefficient (Wildman–Crippen LogP) is 5.42. The normalized spacial score (nSPS) is 10.1. The van der Waals surface area contributed by atoms with E-state index in [1.54, 1.807) is 7.11 Å². The molecule has 0 saturated heterocycles. The highest BCUT2D eigenvalue weighted by atomic mass is 32.1. The summed E-state index contributed by atoms with van der Waals surface area (Å²) in [5.74, 6) is 3.79. The van der Waals surface area contributed by atoms with Gasteiger partial charge in [0.05, 0.1) is 12.1 Å². The second-order valence-corrected chi connectivity index (χ2v) is 7.31. The van der Waals surface area contributed by atoms with Crippen LogP contribution in [0.4, 0.5) is 0 Å². The van der Waals surface area contributed by atoms with Crippen LogP contribution in [0, 0.1) is 12.3 Å². The van der Waals surface area contributed by atoms with Gasteiger partial charge in [-0.3, -0.25) is 0 Å². The molecule has 0 unspecified atom stereocenters. The van der Waals surface area contributed by atoms with E-state index in [2.05, 4.69) is 59.8 Å². The summed E-state index contributed by atoms with van der Waals surface area (Å²) in [6.45, 7) is 0.937. The summed E-state index contributed by atoms with van der Waals surface area (Å²) in [7, 11) is 1.62. The van der Waals surface area contributed by atoms with Gasteiger partial charge in [0.25, 0.3) is 0 Å². The van der Waals surface area contributed by atoms with E-state index in [4.69, 9.17) is 28.1 Å². The maximum absolute atomic E-state index is 5.51. The average Bonchev–Trinajstić information content (AvgIpc) is 2.81. The van der Waals surface area contributed by atoms with Crippen LogP contribution < -0.4 is 14.8 Å². The van der Waals surface area contributed by atoms with Crippen LogP contribution in [-0.4, -0.2) is 18.7 Å². The molecule has 0 radical (unpaired) electrons. The van der Waals surface area contributed by atoms with E-state index in [1.165, 1.54) is 16.7 Å². The molecule has 0 aliphatic heterocycles. The summed E-state index contributed by atoms with van der Waals surface area (Å²) in [6.07, 6.45) is 6.84. The van der Waals surface area contributed by atoms with Gasteiger partial charge in [0.15, 0.2) is 11.5 Å². The lowest BCUT2D eigenvalue weighted by molar-refractivity contribution is 0.330. The van der Waals surface area contributed by atoms with E-state index in [0.29, 0.717) is 11.5 Å². The summed E-state index contributed by atoms with van der Waals surface area (Å²) in [6, 6.07) is 24.8. The standard InChI is InChI=1S/C26H25NO2S/c1-3-17-29-24-15-11-20(18-25(24)28-2)12-16-26(30)27-19-21-9-13-23(14-10-21)22-7-5-4-6-8-22/h1,4-11,13-15,18H,12,16-17,19H2,2H3,(H,27,30). The molecule has 0 fully saturated rings. The Kier molecular flexibility index (Phi) is 7.88. The minimum absolute atomic E-state index is 0.218. The zero-order chi connectivity index (χ0) is 21.2. The highest BCUT2D eigenvalue weighted by Crippen LogP contribution is 2.28. The molecule has 0 saturated carbocycles. The maximum atomic E-state index is 5.51. The van der Waals surface area contributed by atoms with Crippen molar-refractivity contribution in [1.29, 1.82) is 0 Å². The minimum atomic E-state index is 0.218. The van der Waals surface area contributed by atoms with Crippen LogP contribution in [0.5, 0.6) is 11.5 Å². The van der Waals surface area contributed by atoms with E-state index >= 15 is 0 Å². The van der Waals surface area contributed by atoms with Gasteiger partial charge in [-0.25, -0.2) is 0 Å². The summed E-state index contributed by atoms with van der Waals surface area (Å²) >= 11 is 5.51. The van der Waals surface area contributed by atoms with Gasteiger partial charge in [-0.15, -0.1) is 6.42 Å². The van der Waals surface area contributed by atoms with Gasteiger partial charge in [0.2, 0.25) is 0 Å². The Bertz CT molecular complexity index is 1010. The highest BCUT2D eigenvalue weighted by molar-refractivity contribution is 7.80.